The van der Waals surface area contributed by atoms with Gasteiger partial charge in [-0.2, -0.15) is 0 Å². The molecule has 1 aliphatic rings. The van der Waals surface area contributed by atoms with Crippen LogP contribution in [0.15, 0.2) is 17.1 Å². The van der Waals surface area contributed by atoms with E-state index in [2.05, 4.69) is 11.8 Å². The largest absolute Gasteiger partial charge is 0.507 e. The Morgan fingerprint density at radius 3 is 2.95 bits per heavy atom. The number of nitrogens with zero attached hydrogens (tertiary/aromatic N) is 2. The molecule has 0 radical (unpaired) electrons. The molecule has 0 amide bonds. The van der Waals surface area contributed by atoms with Gasteiger partial charge in [0.1, 0.15) is 17.7 Å². The molecular weight excluding hydrogens is 276 g/mol. The van der Waals surface area contributed by atoms with Crippen molar-refractivity contribution in [2.24, 2.45) is 4.99 Å². The van der Waals surface area contributed by atoms with Gasteiger partial charge in [-0.05, 0) is 38.4 Å². The third-order valence-corrected chi connectivity index (χ3v) is 4.03. The maximum atomic E-state index is 10.1. The van der Waals surface area contributed by atoms with Crippen LogP contribution in [0.5, 0.6) is 11.5 Å². The van der Waals surface area contributed by atoms with E-state index in [1.807, 2.05) is 6.92 Å². The van der Waals surface area contributed by atoms with E-state index in [4.69, 9.17) is 21.3 Å². The highest BCUT2D eigenvalue weighted by molar-refractivity contribution is 6.33. The van der Waals surface area contributed by atoms with Crippen LogP contribution in [-0.4, -0.2) is 42.1 Å². The quantitative estimate of drug-likeness (QED) is 0.867. The molecule has 0 bridgehead atoms. The van der Waals surface area contributed by atoms with Gasteiger partial charge in [-0.15, -0.1) is 0 Å². The Balaban J connectivity index is 2.38. The molecule has 1 unspecified atom stereocenters. The number of methoxy groups -OCH3 is 1. The molecule has 5 heteroatoms. The van der Waals surface area contributed by atoms with Crippen LogP contribution in [0.2, 0.25) is 5.02 Å². The summed E-state index contributed by atoms with van der Waals surface area (Å²) in [5, 5.41) is 10.6. The molecule has 1 aromatic carbocycles. The van der Waals surface area contributed by atoms with Crippen molar-refractivity contribution in [3.05, 3.63) is 22.7 Å². The topological polar surface area (TPSA) is 45.1 Å². The van der Waals surface area contributed by atoms with Gasteiger partial charge in [0.05, 0.1) is 17.7 Å². The number of benzene rings is 1. The monoisotopic (exact) mass is 296 g/mol. The van der Waals surface area contributed by atoms with Gasteiger partial charge >= 0.3 is 0 Å². The molecule has 110 valence electrons. The van der Waals surface area contributed by atoms with Crippen molar-refractivity contribution in [2.75, 3.05) is 20.2 Å². The van der Waals surface area contributed by atoms with Crippen LogP contribution in [0, 0.1) is 0 Å². The molecular formula is C15H21ClN2O2. The molecule has 0 aliphatic carbocycles. The average Bonchev–Trinajstić information content (AvgIpc) is 2.87. The fraction of sp³-hybridized carbons (Fsp3) is 0.533. The fourth-order valence-corrected chi connectivity index (χ4v) is 2.94. The van der Waals surface area contributed by atoms with Crippen molar-refractivity contribution in [1.29, 1.82) is 0 Å². The summed E-state index contributed by atoms with van der Waals surface area (Å²) in [6, 6.07) is 3.20. The number of hydrogen-bond acceptors (Lipinski definition) is 4. The van der Waals surface area contributed by atoms with Gasteiger partial charge in [0.2, 0.25) is 0 Å². The number of phenolic OH excluding ortho intramolecular Hbond substituents is 1. The highest BCUT2D eigenvalue weighted by Crippen LogP contribution is 2.35. The van der Waals surface area contributed by atoms with E-state index in [1.54, 1.807) is 19.2 Å². The lowest BCUT2D eigenvalue weighted by atomic mass is 10.1. The zero-order chi connectivity index (χ0) is 14.7. The standard InChI is InChI=1S/C15H21ClN2O2/c1-4-18-9-5-6-13(18)17-10(2)14-12(19)8-7-11(16)15(14)20-3/h7-8,13,19H,4-6,9H2,1-3H3/b17-10+. The number of aliphatic imine (C=N–C) groups is 1. The van der Waals surface area contributed by atoms with Gasteiger partial charge in [-0.25, -0.2) is 0 Å². The van der Waals surface area contributed by atoms with Crippen LogP contribution in [0.25, 0.3) is 0 Å². The first-order valence-corrected chi connectivity index (χ1v) is 7.30. The van der Waals surface area contributed by atoms with Gasteiger partial charge in [0, 0.05) is 12.3 Å². The van der Waals surface area contributed by atoms with Crippen LogP contribution in [0.1, 0.15) is 32.3 Å². The Bertz CT molecular complexity index is 517. The summed E-state index contributed by atoms with van der Waals surface area (Å²) in [4.78, 5) is 7.08. The van der Waals surface area contributed by atoms with Gasteiger partial charge in [-0.3, -0.25) is 9.89 Å². The molecule has 1 aromatic rings. The van der Waals surface area contributed by atoms with Crippen LogP contribution >= 0.6 is 11.6 Å². The highest BCUT2D eigenvalue weighted by atomic mass is 35.5. The number of likely N-dealkylation sites (tertiary alicyclic amines) is 1. The second kappa shape index (κ2) is 6.46. The molecule has 2 rings (SSSR count). The summed E-state index contributed by atoms with van der Waals surface area (Å²) >= 11 is 6.12. The minimum atomic E-state index is 0.147. The summed E-state index contributed by atoms with van der Waals surface area (Å²) in [5.41, 5.74) is 1.34. The Morgan fingerprint density at radius 2 is 2.30 bits per heavy atom. The van der Waals surface area contributed by atoms with E-state index in [-0.39, 0.29) is 11.9 Å². The minimum Gasteiger partial charge on any atom is -0.507 e. The van der Waals surface area contributed by atoms with Gasteiger partial charge in [0.25, 0.3) is 0 Å². The summed E-state index contributed by atoms with van der Waals surface area (Å²) in [6.45, 7) is 6.09. The third-order valence-electron chi connectivity index (χ3n) is 3.73. The lowest BCUT2D eigenvalue weighted by Gasteiger charge is -2.20. The molecule has 4 nitrogen and oxygen atoms in total. The number of hydrogen-bond donors (Lipinski definition) is 1. The Kier molecular flexibility index (Phi) is 4.89. The van der Waals surface area contributed by atoms with Crippen molar-refractivity contribution in [3.8, 4) is 11.5 Å². The first kappa shape index (κ1) is 15.1. The van der Waals surface area contributed by atoms with Crippen molar-refractivity contribution < 1.29 is 9.84 Å². The van der Waals surface area contributed by atoms with Crippen LogP contribution < -0.4 is 4.74 Å². The molecule has 1 fully saturated rings. The Labute approximate surface area is 125 Å². The molecule has 0 aromatic heterocycles. The number of halogens is 1. The highest BCUT2D eigenvalue weighted by Gasteiger charge is 2.23. The predicted molar refractivity (Wildman–Crippen MR) is 82.1 cm³/mol. The van der Waals surface area contributed by atoms with Gasteiger partial charge in [0.15, 0.2) is 0 Å². The van der Waals surface area contributed by atoms with Crippen molar-refractivity contribution in [1.82, 2.24) is 4.90 Å². The van der Waals surface area contributed by atoms with Gasteiger partial charge in [-0.1, -0.05) is 18.5 Å². The number of aromatic hydroxyl groups is 1. The molecule has 0 saturated carbocycles. The SMILES string of the molecule is CCN1CCCC1/N=C(\C)c1c(O)ccc(Cl)c1OC. The van der Waals surface area contributed by atoms with E-state index in [9.17, 15) is 5.11 Å². The lowest BCUT2D eigenvalue weighted by molar-refractivity contribution is 0.275. The fourth-order valence-electron chi connectivity index (χ4n) is 2.71. The normalized spacial score (nSPS) is 20.4. The van der Waals surface area contributed by atoms with Crippen LogP contribution in [0.4, 0.5) is 0 Å². The van der Waals surface area contributed by atoms with E-state index >= 15 is 0 Å². The van der Waals surface area contributed by atoms with E-state index in [1.165, 1.54) is 0 Å². The third kappa shape index (κ3) is 2.91. The molecule has 20 heavy (non-hydrogen) atoms. The van der Waals surface area contributed by atoms with E-state index in [0.717, 1.165) is 31.6 Å². The van der Waals surface area contributed by atoms with Gasteiger partial charge < -0.3 is 9.84 Å². The second-order valence-corrected chi connectivity index (χ2v) is 5.35. The smallest absolute Gasteiger partial charge is 0.150 e. The van der Waals surface area contributed by atoms with Crippen molar-refractivity contribution >= 4 is 17.3 Å². The summed E-state index contributed by atoms with van der Waals surface area (Å²) < 4.78 is 5.31. The Morgan fingerprint density at radius 1 is 1.55 bits per heavy atom. The molecule has 1 saturated heterocycles. The Hall–Kier alpha value is -1.26. The molecule has 1 atom stereocenters. The summed E-state index contributed by atoms with van der Waals surface area (Å²) in [7, 11) is 1.55. The summed E-state index contributed by atoms with van der Waals surface area (Å²) in [5.74, 6) is 0.627. The second-order valence-electron chi connectivity index (χ2n) is 4.94. The first-order chi connectivity index (χ1) is 9.58. The maximum absolute atomic E-state index is 10.1. The van der Waals surface area contributed by atoms with Crippen LogP contribution in [0.3, 0.4) is 0 Å². The lowest BCUT2D eigenvalue weighted by Crippen LogP contribution is -2.28. The zero-order valence-corrected chi connectivity index (χ0v) is 12.9. The molecule has 1 aliphatic heterocycles. The number of ether oxygens (including phenoxy) is 1. The predicted octanol–water partition coefficient (Wildman–Crippen LogP) is 3.31. The van der Waals surface area contributed by atoms with E-state index < -0.39 is 0 Å². The van der Waals surface area contributed by atoms with Crippen molar-refractivity contribution in [2.45, 2.75) is 32.9 Å². The zero-order valence-electron chi connectivity index (χ0n) is 12.2. The number of rotatable bonds is 4. The van der Waals surface area contributed by atoms with Crippen LogP contribution in [-0.2, 0) is 0 Å². The summed E-state index contributed by atoms with van der Waals surface area (Å²) in [6.07, 6.45) is 2.39. The maximum Gasteiger partial charge on any atom is 0.150 e. The van der Waals surface area contributed by atoms with Crippen molar-refractivity contribution in [3.63, 3.8) is 0 Å². The first-order valence-electron chi connectivity index (χ1n) is 6.92. The van der Waals surface area contributed by atoms with E-state index in [0.29, 0.717) is 16.3 Å². The molecule has 1 heterocycles. The molecule has 0 spiro atoms. The number of phenols is 1. The minimum absolute atomic E-state index is 0.147. The average molecular weight is 297 g/mol. The molecule has 1 N–H and O–H groups in total.